The molecular formula is C17H25N3O. The van der Waals surface area contributed by atoms with Crippen LogP contribution in [0.4, 0.5) is 11.4 Å². The van der Waals surface area contributed by atoms with E-state index < -0.39 is 0 Å². The van der Waals surface area contributed by atoms with Crippen LogP contribution in [0.15, 0.2) is 18.2 Å². The molecule has 2 aliphatic rings. The van der Waals surface area contributed by atoms with Crippen LogP contribution in [0.3, 0.4) is 0 Å². The Balaban J connectivity index is 1.81. The fourth-order valence-corrected chi connectivity index (χ4v) is 3.27. The zero-order valence-electron chi connectivity index (χ0n) is 13.2. The van der Waals surface area contributed by atoms with Gasteiger partial charge in [-0.1, -0.05) is 26.8 Å². The highest BCUT2D eigenvalue weighted by atomic mass is 16.2. The van der Waals surface area contributed by atoms with Gasteiger partial charge in [0.25, 0.3) is 5.91 Å². The van der Waals surface area contributed by atoms with Crippen LogP contribution in [0.1, 0.15) is 37.6 Å². The summed E-state index contributed by atoms with van der Waals surface area (Å²) < 4.78 is 0. The van der Waals surface area contributed by atoms with Crippen molar-refractivity contribution in [2.24, 2.45) is 11.3 Å². The highest BCUT2D eigenvalue weighted by Crippen LogP contribution is 2.35. The molecule has 114 valence electrons. The Hall–Kier alpha value is -1.71. The van der Waals surface area contributed by atoms with Gasteiger partial charge in [0, 0.05) is 26.2 Å². The van der Waals surface area contributed by atoms with E-state index in [1.54, 1.807) is 0 Å². The van der Waals surface area contributed by atoms with Crippen LogP contribution in [0.5, 0.6) is 0 Å². The molecule has 0 bridgehead atoms. The Morgan fingerprint density at radius 2 is 2.00 bits per heavy atom. The van der Waals surface area contributed by atoms with Crippen molar-refractivity contribution in [1.29, 1.82) is 0 Å². The average Bonchev–Trinajstić information content (AvgIpc) is 2.96. The van der Waals surface area contributed by atoms with Crippen molar-refractivity contribution in [2.45, 2.75) is 27.2 Å². The van der Waals surface area contributed by atoms with Crippen molar-refractivity contribution in [3.63, 3.8) is 0 Å². The zero-order valence-corrected chi connectivity index (χ0v) is 13.2. The van der Waals surface area contributed by atoms with Crippen LogP contribution in [-0.4, -0.2) is 37.0 Å². The van der Waals surface area contributed by atoms with Crippen molar-refractivity contribution < 1.29 is 4.79 Å². The van der Waals surface area contributed by atoms with Gasteiger partial charge in [-0.25, -0.2) is 0 Å². The topological polar surface area (TPSA) is 44.4 Å². The standard InChI is InChI=1S/C17H25N3O/c1-17(2,3)12-7-10-20(11-12)16(21)13-5-4-6-14-15(13)19-9-8-18-14/h4-6,12,18-19H,7-11H2,1-3H3. The van der Waals surface area contributed by atoms with E-state index in [4.69, 9.17) is 0 Å². The molecule has 1 aromatic rings. The van der Waals surface area contributed by atoms with Crippen molar-refractivity contribution in [3.8, 4) is 0 Å². The van der Waals surface area contributed by atoms with E-state index in [0.29, 0.717) is 5.92 Å². The van der Waals surface area contributed by atoms with Gasteiger partial charge in [-0.3, -0.25) is 4.79 Å². The molecule has 1 fully saturated rings. The average molecular weight is 287 g/mol. The van der Waals surface area contributed by atoms with E-state index in [9.17, 15) is 4.79 Å². The second kappa shape index (κ2) is 5.24. The molecule has 1 saturated heterocycles. The third kappa shape index (κ3) is 2.71. The minimum atomic E-state index is 0.162. The summed E-state index contributed by atoms with van der Waals surface area (Å²) in [5.41, 5.74) is 3.08. The van der Waals surface area contributed by atoms with E-state index in [1.165, 1.54) is 0 Å². The lowest BCUT2D eigenvalue weighted by Gasteiger charge is -2.28. The van der Waals surface area contributed by atoms with E-state index >= 15 is 0 Å². The predicted molar refractivity (Wildman–Crippen MR) is 86.9 cm³/mol. The van der Waals surface area contributed by atoms with E-state index in [1.807, 2.05) is 23.1 Å². The number of benzene rings is 1. The fourth-order valence-electron chi connectivity index (χ4n) is 3.27. The molecule has 4 heteroatoms. The number of amides is 1. The molecule has 4 nitrogen and oxygen atoms in total. The van der Waals surface area contributed by atoms with Gasteiger partial charge in [0.2, 0.25) is 0 Å². The zero-order chi connectivity index (χ0) is 15.0. The van der Waals surface area contributed by atoms with Crippen LogP contribution in [-0.2, 0) is 0 Å². The second-order valence-corrected chi connectivity index (χ2v) is 7.18. The van der Waals surface area contributed by atoms with Crippen molar-refractivity contribution >= 4 is 17.3 Å². The lowest BCUT2D eigenvalue weighted by Crippen LogP contribution is -2.32. The largest absolute Gasteiger partial charge is 0.382 e. The molecule has 1 amide bonds. The number of rotatable bonds is 1. The summed E-state index contributed by atoms with van der Waals surface area (Å²) in [5, 5.41) is 6.72. The Labute approximate surface area is 126 Å². The van der Waals surface area contributed by atoms with E-state index in [-0.39, 0.29) is 11.3 Å². The lowest BCUT2D eigenvalue weighted by molar-refractivity contribution is 0.0777. The molecule has 3 rings (SSSR count). The Morgan fingerprint density at radius 1 is 1.24 bits per heavy atom. The summed E-state index contributed by atoms with van der Waals surface area (Å²) in [7, 11) is 0. The Kier molecular flexibility index (Phi) is 3.56. The van der Waals surface area contributed by atoms with Gasteiger partial charge < -0.3 is 15.5 Å². The van der Waals surface area contributed by atoms with Crippen molar-refractivity contribution in [3.05, 3.63) is 23.8 Å². The third-order valence-corrected chi connectivity index (χ3v) is 4.74. The Morgan fingerprint density at radius 3 is 2.71 bits per heavy atom. The predicted octanol–water partition coefficient (Wildman–Crippen LogP) is 3.03. The summed E-state index contributed by atoms with van der Waals surface area (Å²) >= 11 is 0. The summed E-state index contributed by atoms with van der Waals surface area (Å²) in [5.74, 6) is 0.752. The van der Waals surface area contributed by atoms with E-state index in [2.05, 4.69) is 31.4 Å². The fraction of sp³-hybridized carbons (Fsp3) is 0.588. The lowest BCUT2D eigenvalue weighted by atomic mass is 9.80. The number of anilines is 2. The normalized spacial score (nSPS) is 21.5. The number of hydrogen-bond donors (Lipinski definition) is 2. The molecule has 2 heterocycles. The number of carbonyl (C=O) groups is 1. The van der Waals surface area contributed by atoms with Crippen molar-refractivity contribution in [2.75, 3.05) is 36.8 Å². The highest BCUT2D eigenvalue weighted by Gasteiger charge is 2.34. The smallest absolute Gasteiger partial charge is 0.256 e. The number of carbonyl (C=O) groups excluding carboxylic acids is 1. The van der Waals surface area contributed by atoms with Gasteiger partial charge >= 0.3 is 0 Å². The summed E-state index contributed by atoms with van der Waals surface area (Å²) in [6.07, 6.45) is 1.11. The number of nitrogens with one attached hydrogen (secondary N) is 2. The molecule has 0 aliphatic carbocycles. The number of hydrogen-bond acceptors (Lipinski definition) is 3. The summed E-state index contributed by atoms with van der Waals surface area (Å²) in [4.78, 5) is 14.9. The monoisotopic (exact) mass is 287 g/mol. The summed E-state index contributed by atoms with van der Waals surface area (Å²) in [6, 6.07) is 5.93. The first-order valence-corrected chi connectivity index (χ1v) is 7.87. The quantitative estimate of drug-likeness (QED) is 0.834. The molecule has 0 aromatic heterocycles. The molecule has 2 aliphatic heterocycles. The number of likely N-dealkylation sites (tertiary alicyclic amines) is 1. The molecule has 0 radical (unpaired) electrons. The van der Waals surface area contributed by atoms with Crippen LogP contribution < -0.4 is 10.6 Å². The van der Waals surface area contributed by atoms with Crippen LogP contribution >= 0.6 is 0 Å². The molecule has 21 heavy (non-hydrogen) atoms. The van der Waals surface area contributed by atoms with Gasteiger partial charge in [-0.2, -0.15) is 0 Å². The van der Waals surface area contributed by atoms with Gasteiger partial charge in [0.15, 0.2) is 0 Å². The first-order valence-electron chi connectivity index (χ1n) is 7.87. The first-order chi connectivity index (χ1) is 9.97. The second-order valence-electron chi connectivity index (χ2n) is 7.18. The van der Waals surface area contributed by atoms with E-state index in [0.717, 1.165) is 49.5 Å². The molecule has 1 atom stereocenters. The maximum Gasteiger partial charge on any atom is 0.256 e. The van der Waals surface area contributed by atoms with Gasteiger partial charge in [0.05, 0.1) is 16.9 Å². The minimum Gasteiger partial charge on any atom is -0.382 e. The molecular weight excluding hydrogens is 262 g/mol. The minimum absolute atomic E-state index is 0.162. The van der Waals surface area contributed by atoms with Gasteiger partial charge in [-0.15, -0.1) is 0 Å². The maximum absolute atomic E-state index is 12.8. The molecule has 1 unspecified atom stereocenters. The third-order valence-electron chi connectivity index (χ3n) is 4.74. The SMILES string of the molecule is CC(C)(C)C1CCN(C(=O)c2cccc3c2NCCN3)C1. The number of nitrogens with zero attached hydrogens (tertiary/aromatic N) is 1. The van der Waals surface area contributed by atoms with Crippen LogP contribution in [0.2, 0.25) is 0 Å². The van der Waals surface area contributed by atoms with Crippen LogP contribution in [0, 0.1) is 11.3 Å². The first kappa shape index (κ1) is 14.2. The molecule has 2 N–H and O–H groups in total. The maximum atomic E-state index is 12.8. The van der Waals surface area contributed by atoms with Crippen molar-refractivity contribution in [1.82, 2.24) is 4.90 Å². The molecule has 0 spiro atoms. The van der Waals surface area contributed by atoms with Gasteiger partial charge in [-0.05, 0) is 29.9 Å². The van der Waals surface area contributed by atoms with Crippen LogP contribution in [0.25, 0.3) is 0 Å². The highest BCUT2D eigenvalue weighted by molar-refractivity contribution is 6.02. The Bertz CT molecular complexity index is 547. The van der Waals surface area contributed by atoms with Gasteiger partial charge in [0.1, 0.15) is 0 Å². The molecule has 0 saturated carbocycles. The number of fused-ring (bicyclic) bond motifs is 1. The summed E-state index contributed by atoms with van der Waals surface area (Å²) in [6.45, 7) is 10.3. The molecule has 1 aromatic carbocycles. The number of para-hydroxylation sites is 1.